The highest BCUT2D eigenvalue weighted by Gasteiger charge is 2.14. The Morgan fingerprint density at radius 1 is 1.29 bits per heavy atom. The molecule has 0 N–H and O–H groups in total. The number of hydrogen-bond acceptors (Lipinski definition) is 3. The van der Waals surface area contributed by atoms with E-state index >= 15 is 0 Å². The minimum Gasteiger partial charge on any atom is -0.338 e. The number of nitrogens with zero attached hydrogens (tertiary/aromatic N) is 2. The molecule has 1 aromatic rings. The molecule has 0 bridgehead atoms. The Morgan fingerprint density at radius 2 is 2.07 bits per heavy atom. The summed E-state index contributed by atoms with van der Waals surface area (Å²) in [5.41, 5.74) is 0. The van der Waals surface area contributed by atoms with Gasteiger partial charge >= 0.3 is 0 Å². The lowest BCUT2D eigenvalue weighted by molar-refractivity contribution is 0.314. The van der Waals surface area contributed by atoms with E-state index in [2.05, 4.69) is 10.1 Å². The summed E-state index contributed by atoms with van der Waals surface area (Å²) in [6.07, 6.45) is 8.94. The molecule has 1 aliphatic rings. The van der Waals surface area contributed by atoms with Crippen molar-refractivity contribution in [2.24, 2.45) is 5.92 Å². The van der Waals surface area contributed by atoms with Gasteiger partial charge in [-0.1, -0.05) is 32.1 Å². The van der Waals surface area contributed by atoms with E-state index in [1.54, 1.807) is 0 Å². The van der Waals surface area contributed by atoms with Crippen LogP contribution in [-0.2, 0) is 6.42 Å². The average Bonchev–Trinajstić information content (AvgIpc) is 2.63. The van der Waals surface area contributed by atoms with Crippen LogP contribution in [0.25, 0.3) is 0 Å². The fourth-order valence-electron chi connectivity index (χ4n) is 2.14. The van der Waals surface area contributed by atoms with Crippen molar-refractivity contribution < 1.29 is 4.52 Å². The van der Waals surface area contributed by atoms with E-state index in [4.69, 9.17) is 16.1 Å². The molecule has 4 heteroatoms. The number of halogens is 1. The molecule has 1 aliphatic carbocycles. The van der Waals surface area contributed by atoms with E-state index in [-0.39, 0.29) is 5.28 Å². The minimum absolute atomic E-state index is 0.226. The predicted molar refractivity (Wildman–Crippen MR) is 54.2 cm³/mol. The molecule has 14 heavy (non-hydrogen) atoms. The first-order chi connectivity index (χ1) is 6.84. The van der Waals surface area contributed by atoms with Crippen LogP contribution in [0.15, 0.2) is 4.52 Å². The van der Waals surface area contributed by atoms with Crippen LogP contribution >= 0.6 is 11.6 Å². The maximum atomic E-state index is 5.57. The Hall–Kier alpha value is -0.570. The Morgan fingerprint density at radius 3 is 2.71 bits per heavy atom. The first kappa shape index (κ1) is 9.97. The van der Waals surface area contributed by atoms with Gasteiger partial charge in [0.2, 0.25) is 5.89 Å². The highest BCUT2D eigenvalue weighted by molar-refractivity contribution is 6.28. The molecule has 1 aromatic heterocycles. The van der Waals surface area contributed by atoms with Crippen molar-refractivity contribution in [1.82, 2.24) is 10.1 Å². The summed E-state index contributed by atoms with van der Waals surface area (Å²) in [6, 6.07) is 0. The van der Waals surface area contributed by atoms with Crippen LogP contribution in [0.1, 0.15) is 44.4 Å². The number of rotatable bonds is 3. The molecule has 1 heterocycles. The second-order valence-corrected chi connectivity index (χ2v) is 4.34. The number of aryl methyl sites for hydroxylation is 1. The van der Waals surface area contributed by atoms with Crippen molar-refractivity contribution in [3.63, 3.8) is 0 Å². The van der Waals surface area contributed by atoms with Crippen molar-refractivity contribution >= 4 is 11.6 Å². The van der Waals surface area contributed by atoms with Gasteiger partial charge in [0.05, 0.1) is 0 Å². The quantitative estimate of drug-likeness (QED) is 0.776. The van der Waals surface area contributed by atoms with Gasteiger partial charge in [0, 0.05) is 6.42 Å². The molecule has 1 saturated carbocycles. The Balaban J connectivity index is 1.76. The molecule has 0 atom stereocenters. The van der Waals surface area contributed by atoms with Gasteiger partial charge in [-0.25, -0.2) is 0 Å². The summed E-state index contributed by atoms with van der Waals surface area (Å²) in [6.45, 7) is 0. The second kappa shape index (κ2) is 4.78. The normalized spacial score (nSPS) is 18.6. The van der Waals surface area contributed by atoms with Gasteiger partial charge in [-0.3, -0.25) is 0 Å². The third-order valence-electron chi connectivity index (χ3n) is 2.93. The lowest BCUT2D eigenvalue weighted by Crippen LogP contribution is -2.07. The molecule has 0 radical (unpaired) electrons. The zero-order valence-electron chi connectivity index (χ0n) is 8.21. The third kappa shape index (κ3) is 2.71. The van der Waals surface area contributed by atoms with E-state index in [0.29, 0.717) is 5.89 Å². The van der Waals surface area contributed by atoms with E-state index in [1.165, 1.54) is 38.5 Å². The smallest absolute Gasteiger partial charge is 0.263 e. The van der Waals surface area contributed by atoms with Crippen LogP contribution in [0.2, 0.25) is 5.28 Å². The summed E-state index contributed by atoms with van der Waals surface area (Å²) in [7, 11) is 0. The lowest BCUT2D eigenvalue weighted by Gasteiger charge is -2.20. The molecule has 3 nitrogen and oxygen atoms in total. The topological polar surface area (TPSA) is 38.9 Å². The van der Waals surface area contributed by atoms with E-state index in [9.17, 15) is 0 Å². The van der Waals surface area contributed by atoms with E-state index in [1.807, 2.05) is 0 Å². The van der Waals surface area contributed by atoms with Crippen LogP contribution in [0, 0.1) is 5.92 Å². The van der Waals surface area contributed by atoms with Gasteiger partial charge in [0.25, 0.3) is 5.28 Å². The highest BCUT2D eigenvalue weighted by Crippen LogP contribution is 2.27. The van der Waals surface area contributed by atoms with Crippen molar-refractivity contribution in [3.05, 3.63) is 11.2 Å². The molecule has 0 saturated heterocycles. The molecule has 0 unspecified atom stereocenters. The number of hydrogen-bond donors (Lipinski definition) is 0. The average molecular weight is 215 g/mol. The molecule has 78 valence electrons. The largest absolute Gasteiger partial charge is 0.338 e. The minimum atomic E-state index is 0.226. The summed E-state index contributed by atoms with van der Waals surface area (Å²) in [4.78, 5) is 3.98. The number of aromatic nitrogens is 2. The Labute approximate surface area is 88.8 Å². The predicted octanol–water partition coefficient (Wildman–Crippen LogP) is 3.24. The van der Waals surface area contributed by atoms with Crippen LogP contribution in [0.5, 0.6) is 0 Å². The Bertz CT molecular complexity index is 281. The second-order valence-electron chi connectivity index (χ2n) is 4.00. The molecule has 2 rings (SSSR count). The fourth-order valence-corrected chi connectivity index (χ4v) is 2.27. The van der Waals surface area contributed by atoms with Crippen molar-refractivity contribution in [2.45, 2.75) is 44.9 Å². The van der Waals surface area contributed by atoms with Crippen LogP contribution in [-0.4, -0.2) is 10.1 Å². The molecule has 0 aliphatic heterocycles. The standard InChI is InChI=1S/C10H15ClN2O/c11-10-12-9(14-13-10)7-6-8-4-2-1-3-5-8/h8H,1-7H2. The summed E-state index contributed by atoms with van der Waals surface area (Å²) < 4.78 is 4.96. The molecule has 1 fully saturated rings. The van der Waals surface area contributed by atoms with Crippen LogP contribution < -0.4 is 0 Å². The van der Waals surface area contributed by atoms with E-state index < -0.39 is 0 Å². The molecule has 0 spiro atoms. The maximum absolute atomic E-state index is 5.57. The molecular formula is C10H15ClN2O. The zero-order chi connectivity index (χ0) is 9.80. The SMILES string of the molecule is Clc1noc(CCC2CCCCC2)n1. The third-order valence-corrected chi connectivity index (χ3v) is 3.09. The van der Waals surface area contributed by atoms with Gasteiger partial charge in [0.1, 0.15) is 0 Å². The summed E-state index contributed by atoms with van der Waals surface area (Å²) >= 11 is 5.57. The molecule has 0 aromatic carbocycles. The van der Waals surface area contributed by atoms with Gasteiger partial charge in [0.15, 0.2) is 0 Å². The summed E-state index contributed by atoms with van der Waals surface area (Å²) in [5, 5.41) is 3.79. The maximum Gasteiger partial charge on any atom is 0.263 e. The molecule has 0 amide bonds. The molecular weight excluding hydrogens is 200 g/mol. The van der Waals surface area contributed by atoms with Crippen LogP contribution in [0.4, 0.5) is 0 Å². The van der Waals surface area contributed by atoms with Gasteiger partial charge in [-0.15, -0.1) is 0 Å². The first-order valence-corrected chi connectivity index (χ1v) is 5.70. The lowest BCUT2D eigenvalue weighted by atomic mass is 9.86. The van der Waals surface area contributed by atoms with E-state index in [0.717, 1.165) is 12.3 Å². The van der Waals surface area contributed by atoms with Crippen molar-refractivity contribution in [1.29, 1.82) is 0 Å². The van der Waals surface area contributed by atoms with Crippen molar-refractivity contribution in [2.75, 3.05) is 0 Å². The summed E-state index contributed by atoms with van der Waals surface area (Å²) in [5.74, 6) is 1.54. The first-order valence-electron chi connectivity index (χ1n) is 5.32. The monoisotopic (exact) mass is 214 g/mol. The highest BCUT2D eigenvalue weighted by atomic mass is 35.5. The van der Waals surface area contributed by atoms with Gasteiger partial charge in [-0.2, -0.15) is 4.98 Å². The van der Waals surface area contributed by atoms with Crippen LogP contribution in [0.3, 0.4) is 0 Å². The van der Waals surface area contributed by atoms with Crippen molar-refractivity contribution in [3.8, 4) is 0 Å². The zero-order valence-corrected chi connectivity index (χ0v) is 8.96. The van der Waals surface area contributed by atoms with Gasteiger partial charge in [-0.05, 0) is 29.1 Å². The fraction of sp³-hybridized carbons (Fsp3) is 0.800. The Kier molecular flexibility index (Phi) is 3.40. The van der Waals surface area contributed by atoms with Gasteiger partial charge < -0.3 is 4.52 Å².